The van der Waals surface area contributed by atoms with E-state index in [0.717, 1.165) is 12.1 Å². The van der Waals surface area contributed by atoms with Crippen LogP contribution in [0.3, 0.4) is 0 Å². The first-order valence-corrected chi connectivity index (χ1v) is 9.39. The van der Waals surface area contributed by atoms with Crippen LogP contribution in [0, 0.1) is 11.6 Å². The Bertz CT molecular complexity index is 1150. The molecular weight excluding hydrogens is 411 g/mol. The second kappa shape index (κ2) is 7.53. The maximum absolute atomic E-state index is 14.4. The molecule has 31 heavy (non-hydrogen) atoms. The van der Waals surface area contributed by atoms with Gasteiger partial charge < -0.3 is 15.7 Å². The van der Waals surface area contributed by atoms with Crippen molar-refractivity contribution in [2.24, 2.45) is 5.73 Å². The molecule has 2 heterocycles. The molecule has 3 aromatic rings. The van der Waals surface area contributed by atoms with Gasteiger partial charge in [-0.15, -0.1) is 10.2 Å². The van der Waals surface area contributed by atoms with Crippen LogP contribution < -0.4 is 10.6 Å². The molecule has 10 heteroatoms. The summed E-state index contributed by atoms with van der Waals surface area (Å²) in [7, 11) is 1.62. The third kappa shape index (κ3) is 3.33. The fourth-order valence-electron chi connectivity index (χ4n) is 3.89. The number of aromatic nitrogens is 3. The number of nitrogens with two attached hydrogens (primary N) is 1. The van der Waals surface area contributed by atoms with Crippen LogP contribution in [0.5, 0.6) is 5.75 Å². The number of aromatic hydroxyl groups is 1. The van der Waals surface area contributed by atoms with E-state index in [0.29, 0.717) is 0 Å². The molecule has 4 rings (SSSR count). The minimum atomic E-state index is -1.11. The third-order valence-electron chi connectivity index (χ3n) is 5.60. The number of rotatable bonds is 5. The summed E-state index contributed by atoms with van der Waals surface area (Å²) in [6, 6.07) is 7.64. The monoisotopic (exact) mass is 429 g/mol. The summed E-state index contributed by atoms with van der Waals surface area (Å²) >= 11 is 0. The zero-order valence-corrected chi connectivity index (χ0v) is 16.4. The van der Waals surface area contributed by atoms with Crippen LogP contribution in [0.2, 0.25) is 0 Å². The number of phenols is 1. The second-order valence-corrected chi connectivity index (χ2v) is 7.39. The number of benzene rings is 1. The highest BCUT2D eigenvalue weighted by atomic mass is 19.1. The number of carbonyl (C=O) groups is 1. The highest BCUT2D eigenvalue weighted by Gasteiger charge is 2.52. The van der Waals surface area contributed by atoms with Gasteiger partial charge in [-0.05, 0) is 36.4 Å². The van der Waals surface area contributed by atoms with Gasteiger partial charge in [0.15, 0.2) is 5.82 Å². The normalized spacial score (nSPS) is 20.2. The van der Waals surface area contributed by atoms with Gasteiger partial charge in [0.1, 0.15) is 29.2 Å². The van der Waals surface area contributed by atoms with Crippen molar-refractivity contribution in [1.82, 2.24) is 15.2 Å². The molecule has 0 aliphatic heterocycles. The SMILES string of the molecule is CN(c1ccc(-c2c(F)ccc(C(N)=O)c2O)nn1)C1(c2ncccc2F)CC(F)C1. The van der Waals surface area contributed by atoms with Crippen molar-refractivity contribution >= 4 is 11.7 Å². The molecule has 1 aromatic carbocycles. The first-order chi connectivity index (χ1) is 14.7. The molecule has 1 amide bonds. The summed E-state index contributed by atoms with van der Waals surface area (Å²) in [6.45, 7) is 0. The predicted molar refractivity (Wildman–Crippen MR) is 106 cm³/mol. The molecular formula is C21H18F3N5O2. The average molecular weight is 429 g/mol. The molecule has 1 fully saturated rings. The number of halogens is 3. The molecule has 3 N–H and O–H groups in total. The number of carbonyl (C=O) groups excluding carboxylic acids is 1. The molecule has 0 radical (unpaired) electrons. The minimum absolute atomic E-state index is 0.0247. The van der Waals surface area contributed by atoms with Crippen molar-refractivity contribution in [3.05, 3.63) is 65.5 Å². The molecule has 2 aromatic heterocycles. The van der Waals surface area contributed by atoms with E-state index in [-0.39, 0.29) is 41.2 Å². The maximum Gasteiger partial charge on any atom is 0.252 e. The number of pyridine rings is 1. The van der Waals surface area contributed by atoms with E-state index in [1.807, 2.05) is 0 Å². The number of primary amides is 1. The topological polar surface area (TPSA) is 105 Å². The Hall–Kier alpha value is -3.69. The molecule has 1 saturated carbocycles. The van der Waals surface area contributed by atoms with E-state index in [1.54, 1.807) is 11.9 Å². The van der Waals surface area contributed by atoms with E-state index in [4.69, 9.17) is 5.73 Å². The Morgan fingerprint density at radius 1 is 1.16 bits per heavy atom. The van der Waals surface area contributed by atoms with Gasteiger partial charge in [-0.25, -0.2) is 13.2 Å². The largest absolute Gasteiger partial charge is 0.506 e. The first kappa shape index (κ1) is 20.6. The Labute approximate surface area is 175 Å². The number of amides is 1. The Morgan fingerprint density at radius 3 is 2.48 bits per heavy atom. The van der Waals surface area contributed by atoms with Gasteiger partial charge >= 0.3 is 0 Å². The lowest BCUT2D eigenvalue weighted by Gasteiger charge is -2.50. The number of nitrogens with zero attached hydrogens (tertiary/aromatic N) is 4. The zero-order chi connectivity index (χ0) is 22.3. The third-order valence-corrected chi connectivity index (χ3v) is 5.60. The number of anilines is 1. The van der Waals surface area contributed by atoms with Gasteiger partial charge in [-0.2, -0.15) is 0 Å². The van der Waals surface area contributed by atoms with Crippen molar-refractivity contribution in [2.75, 3.05) is 11.9 Å². The Morgan fingerprint density at radius 2 is 1.90 bits per heavy atom. The minimum Gasteiger partial charge on any atom is -0.506 e. The second-order valence-electron chi connectivity index (χ2n) is 7.39. The fourth-order valence-corrected chi connectivity index (χ4v) is 3.89. The summed E-state index contributed by atoms with van der Waals surface area (Å²) in [5.41, 5.74) is 3.64. The highest BCUT2D eigenvalue weighted by molar-refractivity contribution is 5.98. The van der Waals surface area contributed by atoms with Crippen LogP contribution in [-0.2, 0) is 5.54 Å². The van der Waals surface area contributed by atoms with Crippen molar-refractivity contribution < 1.29 is 23.1 Å². The summed E-state index contributed by atoms with van der Waals surface area (Å²) < 4.78 is 42.6. The Balaban J connectivity index is 1.71. The molecule has 0 unspecified atom stereocenters. The van der Waals surface area contributed by atoms with Crippen LogP contribution in [0.1, 0.15) is 28.9 Å². The van der Waals surface area contributed by atoms with Gasteiger partial charge in [-0.1, -0.05) is 0 Å². The van der Waals surface area contributed by atoms with Crippen LogP contribution in [0.15, 0.2) is 42.6 Å². The molecule has 1 aliphatic carbocycles. The molecule has 1 aliphatic rings. The number of hydrogen-bond acceptors (Lipinski definition) is 6. The van der Waals surface area contributed by atoms with Crippen molar-refractivity contribution in [1.29, 1.82) is 0 Å². The number of alkyl halides is 1. The highest BCUT2D eigenvalue weighted by Crippen LogP contribution is 2.48. The molecule has 0 bridgehead atoms. The average Bonchev–Trinajstić information content (AvgIpc) is 2.71. The molecule has 0 saturated heterocycles. The molecule has 0 atom stereocenters. The first-order valence-electron chi connectivity index (χ1n) is 9.39. The summed E-state index contributed by atoms with van der Waals surface area (Å²) in [5.74, 6) is -2.67. The quantitative estimate of drug-likeness (QED) is 0.646. The van der Waals surface area contributed by atoms with Gasteiger partial charge in [-0.3, -0.25) is 9.78 Å². The maximum atomic E-state index is 14.4. The lowest BCUT2D eigenvalue weighted by molar-refractivity contribution is 0.0865. The number of hydrogen-bond donors (Lipinski definition) is 2. The van der Waals surface area contributed by atoms with Crippen molar-refractivity contribution in [3.8, 4) is 17.0 Å². The lowest BCUT2D eigenvalue weighted by Crippen LogP contribution is -2.56. The van der Waals surface area contributed by atoms with E-state index in [1.165, 1.54) is 30.5 Å². The summed E-state index contributed by atoms with van der Waals surface area (Å²) in [4.78, 5) is 17.1. The van der Waals surface area contributed by atoms with Crippen LogP contribution in [0.4, 0.5) is 19.0 Å². The van der Waals surface area contributed by atoms with E-state index in [9.17, 15) is 23.1 Å². The van der Waals surface area contributed by atoms with Crippen LogP contribution in [0.25, 0.3) is 11.3 Å². The van der Waals surface area contributed by atoms with Gasteiger partial charge in [0.25, 0.3) is 5.91 Å². The van der Waals surface area contributed by atoms with Crippen molar-refractivity contribution in [2.45, 2.75) is 24.6 Å². The summed E-state index contributed by atoms with van der Waals surface area (Å²) in [5, 5.41) is 18.2. The summed E-state index contributed by atoms with van der Waals surface area (Å²) in [6.07, 6.45) is 0.373. The molecule has 7 nitrogen and oxygen atoms in total. The molecule has 0 spiro atoms. The van der Waals surface area contributed by atoms with E-state index < -0.39 is 35.0 Å². The van der Waals surface area contributed by atoms with E-state index >= 15 is 0 Å². The smallest absolute Gasteiger partial charge is 0.252 e. The van der Waals surface area contributed by atoms with Crippen molar-refractivity contribution in [3.63, 3.8) is 0 Å². The predicted octanol–water partition coefficient (Wildman–Crippen LogP) is 3.08. The fraction of sp³-hybridized carbons (Fsp3) is 0.238. The van der Waals surface area contributed by atoms with E-state index in [2.05, 4.69) is 15.2 Å². The van der Waals surface area contributed by atoms with Crippen LogP contribution >= 0.6 is 0 Å². The molecule has 160 valence electrons. The zero-order valence-electron chi connectivity index (χ0n) is 16.4. The lowest BCUT2D eigenvalue weighted by atomic mass is 9.71. The Kier molecular flexibility index (Phi) is 5.00. The standard InChI is InChI=1S/C21H18F3N5O2/c1-29(21(9-11(22)10-21)19-14(24)3-2-8-26-19)16-7-6-15(27-28-16)17-13(23)5-4-12(18(17)30)20(25)31/h2-8,11,30H,9-10H2,1H3,(H2,25,31). The van der Waals surface area contributed by atoms with Gasteiger partial charge in [0.05, 0.1) is 22.4 Å². The van der Waals surface area contributed by atoms with Gasteiger partial charge in [0, 0.05) is 26.1 Å². The van der Waals surface area contributed by atoms with Crippen LogP contribution in [-0.4, -0.2) is 39.4 Å². The van der Waals surface area contributed by atoms with Gasteiger partial charge in [0.2, 0.25) is 0 Å².